The fourth-order valence-corrected chi connectivity index (χ4v) is 6.85. The minimum absolute atomic E-state index is 0.0125. The molecule has 0 aliphatic carbocycles. The third kappa shape index (κ3) is 7.54. The normalized spacial score (nSPS) is 11.7. The molecule has 0 radical (unpaired) electrons. The van der Waals surface area contributed by atoms with Crippen LogP contribution in [0.15, 0.2) is 96.2 Å². The molecular weight excluding hydrogens is 585 g/mol. The Morgan fingerprint density at radius 3 is 2.42 bits per heavy atom. The van der Waals surface area contributed by atoms with Gasteiger partial charge in [0, 0.05) is 12.2 Å². The number of nitrogens with zero attached hydrogens (tertiary/aromatic N) is 5. The lowest BCUT2D eigenvalue weighted by Crippen LogP contribution is -2.33. The molecule has 0 unspecified atom stereocenters. The quantitative estimate of drug-likeness (QED) is 0.141. The lowest BCUT2D eigenvalue weighted by Gasteiger charge is -2.23. The summed E-state index contributed by atoms with van der Waals surface area (Å²) in [7, 11) is -3.91. The Morgan fingerprint density at radius 2 is 1.67 bits per heavy atom. The van der Waals surface area contributed by atoms with Crippen molar-refractivity contribution in [1.29, 1.82) is 0 Å². The first-order chi connectivity index (χ1) is 20.7. The van der Waals surface area contributed by atoms with Gasteiger partial charge in [0.2, 0.25) is 10.0 Å². The molecule has 0 spiro atoms. The zero-order valence-electron chi connectivity index (χ0n) is 24.1. The number of unbranched alkanes of at least 4 members (excludes halogenated alkanes) is 1. The average Bonchev–Trinajstić information content (AvgIpc) is 3.42. The van der Waals surface area contributed by atoms with E-state index in [9.17, 15) is 12.8 Å². The molecule has 0 N–H and O–H groups in total. The summed E-state index contributed by atoms with van der Waals surface area (Å²) in [5, 5.41) is 8.38. The van der Waals surface area contributed by atoms with E-state index in [1.807, 2.05) is 47.9 Å². The summed E-state index contributed by atoms with van der Waals surface area (Å²) in [6.07, 6.45) is 3.97. The molecule has 5 rings (SSSR count). The Balaban J connectivity index is 1.41. The van der Waals surface area contributed by atoms with Crippen LogP contribution in [0.5, 0.6) is 0 Å². The van der Waals surface area contributed by atoms with E-state index >= 15 is 0 Å². The van der Waals surface area contributed by atoms with Gasteiger partial charge in [-0.15, -0.1) is 10.2 Å². The molecule has 0 saturated heterocycles. The summed E-state index contributed by atoms with van der Waals surface area (Å²) in [6.45, 7) is 4.51. The molecule has 43 heavy (non-hydrogen) atoms. The molecule has 0 bridgehead atoms. The summed E-state index contributed by atoms with van der Waals surface area (Å²) < 4.78 is 45.4. The van der Waals surface area contributed by atoms with Crippen LogP contribution in [0.3, 0.4) is 0 Å². The van der Waals surface area contributed by atoms with Crippen molar-refractivity contribution >= 4 is 21.6 Å². The van der Waals surface area contributed by atoms with E-state index in [2.05, 4.69) is 27.3 Å². The van der Waals surface area contributed by atoms with Gasteiger partial charge in [-0.25, -0.2) is 12.8 Å². The molecular formula is C33H33ClFN5O2S. The van der Waals surface area contributed by atoms with Crippen LogP contribution in [0.4, 0.5) is 4.39 Å². The standard InChI is InChI=1S/C33H33ClFN5O2S/c1-24-19-27(28-14-16-31(35)30(34)20-28)15-17-32(24)43(41,42)40(18-7-6-12-26-10-4-3-5-11-26)22-33-38-36-23-39(33)21-29-13-8-9-25(2)37-29/h3-5,8-11,13-17,19-20,23H,6-7,12,18,21-22H2,1-2H3. The first kappa shape index (κ1) is 30.5. The highest BCUT2D eigenvalue weighted by Gasteiger charge is 2.28. The number of hydrogen-bond acceptors (Lipinski definition) is 5. The van der Waals surface area contributed by atoms with Gasteiger partial charge < -0.3 is 4.57 Å². The summed E-state index contributed by atoms with van der Waals surface area (Å²) in [4.78, 5) is 4.78. The summed E-state index contributed by atoms with van der Waals surface area (Å²) in [5.41, 5.74) is 4.99. The molecule has 0 amide bonds. The van der Waals surface area contributed by atoms with Crippen LogP contribution in [0.25, 0.3) is 11.1 Å². The van der Waals surface area contributed by atoms with E-state index in [4.69, 9.17) is 11.6 Å². The van der Waals surface area contributed by atoms with Crippen LogP contribution < -0.4 is 0 Å². The van der Waals surface area contributed by atoms with Crippen molar-refractivity contribution in [3.05, 3.63) is 130 Å². The van der Waals surface area contributed by atoms with Gasteiger partial charge in [-0.3, -0.25) is 4.98 Å². The van der Waals surface area contributed by atoms with Crippen LogP contribution in [0.2, 0.25) is 5.02 Å². The maximum absolute atomic E-state index is 14.2. The Bertz CT molecular complexity index is 1810. The van der Waals surface area contributed by atoms with Crippen molar-refractivity contribution in [1.82, 2.24) is 24.1 Å². The predicted molar refractivity (Wildman–Crippen MR) is 167 cm³/mol. The highest BCUT2D eigenvalue weighted by molar-refractivity contribution is 7.89. The fourth-order valence-electron chi connectivity index (χ4n) is 5.03. The van der Waals surface area contributed by atoms with E-state index in [0.717, 1.165) is 29.8 Å². The van der Waals surface area contributed by atoms with Crippen molar-refractivity contribution in [2.45, 2.75) is 51.1 Å². The van der Waals surface area contributed by atoms with E-state index in [-0.39, 0.29) is 16.5 Å². The number of aromatic nitrogens is 4. The first-order valence-electron chi connectivity index (χ1n) is 14.1. The van der Waals surface area contributed by atoms with Gasteiger partial charge in [-0.05, 0) is 85.7 Å². The molecule has 3 aromatic carbocycles. The maximum atomic E-state index is 14.2. The number of sulfonamides is 1. The molecule has 0 atom stereocenters. The number of aryl methyl sites for hydroxylation is 3. The molecule has 2 aromatic heterocycles. The smallest absolute Gasteiger partial charge is 0.243 e. The Kier molecular flexibility index (Phi) is 9.65. The monoisotopic (exact) mass is 617 g/mol. The molecule has 5 aromatic rings. The minimum atomic E-state index is -3.91. The lowest BCUT2D eigenvalue weighted by molar-refractivity contribution is 0.380. The third-order valence-electron chi connectivity index (χ3n) is 7.30. The topological polar surface area (TPSA) is 81.0 Å². The molecule has 0 aliphatic heterocycles. The SMILES string of the molecule is Cc1cccc(Cn2cnnc2CN(CCCCc2ccccc2)S(=O)(=O)c2ccc(-c3ccc(F)c(Cl)c3)cc2C)n1. The van der Waals surface area contributed by atoms with Gasteiger partial charge in [-0.1, -0.05) is 66.2 Å². The summed E-state index contributed by atoms with van der Waals surface area (Å²) >= 11 is 5.99. The Morgan fingerprint density at radius 1 is 0.907 bits per heavy atom. The second kappa shape index (κ2) is 13.6. The van der Waals surface area contributed by atoms with E-state index in [1.54, 1.807) is 37.5 Å². The second-order valence-corrected chi connectivity index (χ2v) is 12.8. The number of pyridine rings is 1. The lowest BCUT2D eigenvalue weighted by atomic mass is 10.0. The number of benzene rings is 3. The van der Waals surface area contributed by atoms with E-state index < -0.39 is 15.8 Å². The Labute approximate surface area is 257 Å². The Hall–Kier alpha value is -3.92. The maximum Gasteiger partial charge on any atom is 0.243 e. The zero-order valence-corrected chi connectivity index (χ0v) is 25.7. The fraction of sp³-hybridized carbons (Fsp3) is 0.242. The molecule has 2 heterocycles. The first-order valence-corrected chi connectivity index (χ1v) is 15.9. The van der Waals surface area contributed by atoms with Crippen LogP contribution in [-0.4, -0.2) is 39.0 Å². The van der Waals surface area contributed by atoms with E-state index in [1.165, 1.54) is 22.0 Å². The van der Waals surface area contributed by atoms with Crippen molar-refractivity contribution in [2.75, 3.05) is 6.54 Å². The van der Waals surface area contributed by atoms with Gasteiger partial charge in [0.1, 0.15) is 18.0 Å². The van der Waals surface area contributed by atoms with Crippen LogP contribution >= 0.6 is 11.6 Å². The molecule has 222 valence electrons. The van der Waals surface area contributed by atoms with E-state index in [0.29, 0.717) is 36.5 Å². The number of rotatable bonds is 12. The predicted octanol–water partition coefficient (Wildman–Crippen LogP) is 7.01. The van der Waals surface area contributed by atoms with Gasteiger partial charge in [0.25, 0.3) is 0 Å². The van der Waals surface area contributed by atoms with Gasteiger partial charge >= 0.3 is 0 Å². The van der Waals surface area contributed by atoms with Crippen molar-refractivity contribution in [3.8, 4) is 11.1 Å². The van der Waals surface area contributed by atoms with Crippen molar-refractivity contribution in [3.63, 3.8) is 0 Å². The minimum Gasteiger partial charge on any atom is -0.310 e. The van der Waals surface area contributed by atoms with Gasteiger partial charge in [0.05, 0.1) is 28.7 Å². The van der Waals surface area contributed by atoms with Gasteiger partial charge in [-0.2, -0.15) is 4.31 Å². The number of hydrogen-bond donors (Lipinski definition) is 0. The molecule has 0 saturated carbocycles. The van der Waals surface area contributed by atoms with Crippen molar-refractivity contribution < 1.29 is 12.8 Å². The molecule has 0 fully saturated rings. The summed E-state index contributed by atoms with van der Waals surface area (Å²) in [5.74, 6) is 0.0282. The third-order valence-corrected chi connectivity index (χ3v) is 9.60. The van der Waals surface area contributed by atoms with Gasteiger partial charge in [0.15, 0.2) is 0 Å². The number of halogens is 2. The van der Waals surface area contributed by atoms with Crippen LogP contribution in [-0.2, 0) is 29.5 Å². The molecule has 10 heteroatoms. The van der Waals surface area contributed by atoms with Crippen LogP contribution in [0, 0.1) is 19.7 Å². The molecule has 7 nitrogen and oxygen atoms in total. The van der Waals surface area contributed by atoms with Crippen molar-refractivity contribution in [2.24, 2.45) is 0 Å². The second-order valence-electron chi connectivity index (χ2n) is 10.5. The highest BCUT2D eigenvalue weighted by atomic mass is 35.5. The highest BCUT2D eigenvalue weighted by Crippen LogP contribution is 2.30. The average molecular weight is 618 g/mol. The van der Waals surface area contributed by atoms with Crippen LogP contribution in [0.1, 0.15) is 41.2 Å². The molecule has 0 aliphatic rings. The largest absolute Gasteiger partial charge is 0.310 e. The summed E-state index contributed by atoms with van der Waals surface area (Å²) in [6, 6.07) is 25.5. The zero-order chi connectivity index (χ0) is 30.4.